The molecule has 0 spiro atoms. The minimum absolute atomic E-state index is 0.0236. The maximum absolute atomic E-state index is 13.6. The van der Waals surface area contributed by atoms with E-state index in [1.54, 1.807) is 4.90 Å². The lowest BCUT2D eigenvalue weighted by Crippen LogP contribution is -2.42. The first-order valence-electron chi connectivity index (χ1n) is 7.21. The first kappa shape index (κ1) is 17.5. The van der Waals surface area contributed by atoms with Gasteiger partial charge in [0.15, 0.2) is 0 Å². The second-order valence-corrected chi connectivity index (χ2v) is 6.01. The van der Waals surface area contributed by atoms with Gasteiger partial charge in [-0.05, 0) is 32.1 Å². The summed E-state index contributed by atoms with van der Waals surface area (Å²) in [6.45, 7) is 2.12. The van der Waals surface area contributed by atoms with Crippen LogP contribution in [0.25, 0.3) is 0 Å². The van der Waals surface area contributed by atoms with Crippen LogP contribution in [0.15, 0.2) is 12.1 Å². The monoisotopic (exact) mass is 348 g/mol. The van der Waals surface area contributed by atoms with Gasteiger partial charge in [-0.3, -0.25) is 4.79 Å². The van der Waals surface area contributed by atoms with E-state index in [1.165, 1.54) is 12.1 Å². The van der Waals surface area contributed by atoms with Crippen LogP contribution in [0.2, 0.25) is 10.0 Å². The Morgan fingerprint density at radius 3 is 2.95 bits per heavy atom. The predicted molar refractivity (Wildman–Crippen MR) is 84.9 cm³/mol. The van der Waals surface area contributed by atoms with E-state index in [0.29, 0.717) is 36.7 Å². The van der Waals surface area contributed by atoms with Gasteiger partial charge in [0.25, 0.3) is 0 Å². The molecule has 1 aromatic carbocycles. The topological polar surface area (TPSA) is 41.6 Å². The summed E-state index contributed by atoms with van der Waals surface area (Å²) in [5.41, 5.74) is 0.524. The summed E-state index contributed by atoms with van der Waals surface area (Å²) in [4.78, 5) is 13.9. The molecule has 22 heavy (non-hydrogen) atoms. The lowest BCUT2D eigenvalue weighted by molar-refractivity contribution is -0.139. The number of amides is 1. The number of rotatable bonds is 5. The molecule has 4 nitrogen and oxygen atoms in total. The number of ether oxygens (including phenoxy) is 1. The van der Waals surface area contributed by atoms with Crippen molar-refractivity contribution in [3.8, 4) is 0 Å². The van der Waals surface area contributed by atoms with Crippen LogP contribution >= 0.6 is 23.2 Å². The van der Waals surface area contributed by atoms with E-state index < -0.39 is 11.9 Å². The van der Waals surface area contributed by atoms with E-state index in [1.807, 2.05) is 7.05 Å². The van der Waals surface area contributed by atoms with Crippen molar-refractivity contribution in [2.75, 3.05) is 33.3 Å². The summed E-state index contributed by atoms with van der Waals surface area (Å²) in [5, 5.41) is 3.34. The van der Waals surface area contributed by atoms with E-state index in [4.69, 9.17) is 27.9 Å². The van der Waals surface area contributed by atoms with E-state index in [0.717, 1.165) is 13.0 Å². The molecule has 1 saturated heterocycles. The fourth-order valence-corrected chi connectivity index (χ4v) is 2.93. The Kier molecular flexibility index (Phi) is 6.44. The van der Waals surface area contributed by atoms with Crippen molar-refractivity contribution < 1.29 is 13.9 Å². The lowest BCUT2D eigenvalue weighted by Gasteiger charge is -2.33. The van der Waals surface area contributed by atoms with Crippen LogP contribution in [0.4, 0.5) is 4.39 Å². The quantitative estimate of drug-likeness (QED) is 0.656. The molecule has 1 aromatic rings. The number of benzene rings is 1. The third-order valence-corrected chi connectivity index (χ3v) is 4.24. The van der Waals surface area contributed by atoms with E-state index in [9.17, 15) is 9.18 Å². The molecule has 122 valence electrons. The van der Waals surface area contributed by atoms with Gasteiger partial charge in [-0.25, -0.2) is 4.39 Å². The van der Waals surface area contributed by atoms with Crippen LogP contribution in [0.5, 0.6) is 0 Å². The van der Waals surface area contributed by atoms with Crippen LogP contribution in [0.1, 0.15) is 24.5 Å². The number of hydrogen-bond donors (Lipinski definition) is 1. The van der Waals surface area contributed by atoms with Gasteiger partial charge in [-0.1, -0.05) is 23.2 Å². The Bertz CT molecular complexity index is 543. The van der Waals surface area contributed by atoms with Gasteiger partial charge >= 0.3 is 0 Å². The van der Waals surface area contributed by atoms with Crippen LogP contribution in [0, 0.1) is 5.82 Å². The zero-order valence-electron chi connectivity index (χ0n) is 12.4. The molecule has 1 heterocycles. The molecule has 1 atom stereocenters. The van der Waals surface area contributed by atoms with Crippen LogP contribution in [-0.4, -0.2) is 44.1 Å². The molecular weight excluding hydrogens is 330 g/mol. The second-order valence-electron chi connectivity index (χ2n) is 5.19. The SMILES string of the molecule is CNCCCC(=O)N1CCOC(c2cc(F)c(Cl)cc2Cl)C1. The van der Waals surface area contributed by atoms with Crippen molar-refractivity contribution >= 4 is 29.1 Å². The third kappa shape index (κ3) is 4.32. The number of halogens is 3. The summed E-state index contributed by atoms with van der Waals surface area (Å²) in [5.74, 6) is -0.462. The fourth-order valence-electron chi connectivity index (χ4n) is 2.42. The maximum atomic E-state index is 13.6. The zero-order chi connectivity index (χ0) is 16.1. The van der Waals surface area contributed by atoms with Gasteiger partial charge in [0.05, 0.1) is 18.2 Å². The molecule has 1 N–H and O–H groups in total. The highest BCUT2D eigenvalue weighted by atomic mass is 35.5. The summed E-state index contributed by atoms with van der Waals surface area (Å²) < 4.78 is 19.3. The zero-order valence-corrected chi connectivity index (χ0v) is 13.9. The third-order valence-electron chi connectivity index (χ3n) is 3.62. The highest BCUT2D eigenvalue weighted by Crippen LogP contribution is 2.32. The van der Waals surface area contributed by atoms with Gasteiger partial charge < -0.3 is 15.0 Å². The number of hydrogen-bond acceptors (Lipinski definition) is 3. The fraction of sp³-hybridized carbons (Fsp3) is 0.533. The minimum atomic E-state index is -0.540. The Morgan fingerprint density at radius 2 is 2.23 bits per heavy atom. The first-order valence-corrected chi connectivity index (χ1v) is 7.97. The number of morpholine rings is 1. The standard InChI is InChI=1S/C15H19Cl2FN2O2/c1-19-4-2-3-15(21)20-5-6-22-14(9-20)10-7-13(18)12(17)8-11(10)16/h7-8,14,19H,2-6,9H2,1H3. The van der Waals surface area contributed by atoms with Crippen LogP contribution < -0.4 is 5.32 Å². The van der Waals surface area contributed by atoms with Gasteiger partial charge in [-0.15, -0.1) is 0 Å². The van der Waals surface area contributed by atoms with Crippen LogP contribution in [-0.2, 0) is 9.53 Å². The lowest BCUT2D eigenvalue weighted by atomic mass is 10.1. The van der Waals surface area contributed by atoms with Gasteiger partial charge in [0.1, 0.15) is 11.9 Å². The van der Waals surface area contributed by atoms with Crippen LogP contribution in [0.3, 0.4) is 0 Å². The van der Waals surface area contributed by atoms with Crippen molar-refractivity contribution in [1.29, 1.82) is 0 Å². The number of carbonyl (C=O) groups is 1. The molecule has 1 amide bonds. The molecular formula is C15H19Cl2FN2O2. The average Bonchev–Trinajstić information content (AvgIpc) is 2.51. The smallest absolute Gasteiger partial charge is 0.222 e. The summed E-state index contributed by atoms with van der Waals surface area (Å²) in [7, 11) is 1.85. The Morgan fingerprint density at radius 1 is 1.45 bits per heavy atom. The first-order chi connectivity index (χ1) is 10.5. The molecule has 0 saturated carbocycles. The number of carbonyl (C=O) groups excluding carboxylic acids is 1. The van der Waals surface area contributed by atoms with E-state index in [-0.39, 0.29) is 10.9 Å². The number of nitrogens with zero attached hydrogens (tertiary/aromatic N) is 1. The molecule has 7 heteroatoms. The Hall–Kier alpha value is -0.880. The predicted octanol–water partition coefficient (Wildman–Crippen LogP) is 3.03. The normalized spacial score (nSPS) is 18.5. The van der Waals surface area contributed by atoms with E-state index in [2.05, 4.69) is 5.32 Å². The largest absolute Gasteiger partial charge is 0.370 e. The summed E-state index contributed by atoms with van der Waals surface area (Å²) in [6.07, 6.45) is 0.838. The summed E-state index contributed by atoms with van der Waals surface area (Å²) in [6, 6.07) is 2.65. The molecule has 1 fully saturated rings. The molecule has 1 unspecified atom stereocenters. The minimum Gasteiger partial charge on any atom is -0.370 e. The molecule has 2 rings (SSSR count). The molecule has 0 radical (unpaired) electrons. The highest BCUT2D eigenvalue weighted by molar-refractivity contribution is 6.35. The Labute approximate surface area is 139 Å². The van der Waals surface area contributed by atoms with Gasteiger partial charge in [0.2, 0.25) is 5.91 Å². The van der Waals surface area contributed by atoms with Gasteiger partial charge in [-0.2, -0.15) is 0 Å². The second kappa shape index (κ2) is 8.11. The molecule has 1 aliphatic rings. The molecule has 1 aliphatic heterocycles. The Balaban J connectivity index is 2.04. The van der Waals surface area contributed by atoms with Crippen molar-refractivity contribution in [3.05, 3.63) is 33.6 Å². The maximum Gasteiger partial charge on any atom is 0.222 e. The van der Waals surface area contributed by atoms with Crippen molar-refractivity contribution in [2.45, 2.75) is 18.9 Å². The average molecular weight is 349 g/mol. The van der Waals surface area contributed by atoms with Crippen molar-refractivity contribution in [3.63, 3.8) is 0 Å². The van der Waals surface area contributed by atoms with Crippen molar-refractivity contribution in [2.24, 2.45) is 0 Å². The number of nitrogens with one attached hydrogen (secondary N) is 1. The van der Waals surface area contributed by atoms with Crippen molar-refractivity contribution in [1.82, 2.24) is 10.2 Å². The highest BCUT2D eigenvalue weighted by Gasteiger charge is 2.27. The summed E-state index contributed by atoms with van der Waals surface area (Å²) >= 11 is 11.8. The molecule has 0 aromatic heterocycles. The molecule has 0 bridgehead atoms. The molecule has 0 aliphatic carbocycles. The van der Waals surface area contributed by atoms with E-state index >= 15 is 0 Å². The van der Waals surface area contributed by atoms with Gasteiger partial charge in [0, 0.05) is 23.6 Å².